The summed E-state index contributed by atoms with van der Waals surface area (Å²) in [5, 5.41) is 18.7. The van der Waals surface area contributed by atoms with Crippen LogP contribution in [0.5, 0.6) is 5.95 Å². The molecule has 1 N–H and O–H groups in total. The highest BCUT2D eigenvalue weighted by molar-refractivity contribution is 7.99. The molecule has 2 aromatic carbocycles. The molecule has 0 aliphatic rings. The fourth-order valence-corrected chi connectivity index (χ4v) is 3.36. The van der Waals surface area contributed by atoms with Gasteiger partial charge in [0, 0.05) is 30.0 Å². The number of carbonyl (C=O) groups is 2. The summed E-state index contributed by atoms with van der Waals surface area (Å²) in [5.74, 6) is -0.795. The first-order chi connectivity index (χ1) is 14.1. The van der Waals surface area contributed by atoms with Crippen molar-refractivity contribution in [3.05, 3.63) is 60.2 Å². The van der Waals surface area contributed by atoms with Crippen molar-refractivity contribution in [1.82, 2.24) is 5.27 Å². The normalized spacial score (nSPS) is 10.5. The highest BCUT2D eigenvalue weighted by Crippen LogP contribution is 2.24. The molecule has 8 nitrogen and oxygen atoms in total. The number of rotatable bonds is 8. The fraction of sp³-hybridized carbons (Fsp3) is 0.200. The van der Waals surface area contributed by atoms with E-state index < -0.39 is 11.9 Å². The third-order valence-electron chi connectivity index (χ3n) is 3.82. The van der Waals surface area contributed by atoms with E-state index in [0.717, 1.165) is 0 Å². The number of thioether (sulfide) groups is 1. The van der Waals surface area contributed by atoms with Crippen LogP contribution in [0.4, 0.5) is 5.69 Å². The van der Waals surface area contributed by atoms with E-state index in [9.17, 15) is 14.7 Å². The maximum atomic E-state index is 12.2. The largest absolute Gasteiger partial charge is 0.538 e. The molecule has 0 saturated heterocycles. The third kappa shape index (κ3) is 5.35. The van der Waals surface area contributed by atoms with Crippen molar-refractivity contribution < 1.29 is 28.6 Å². The predicted molar refractivity (Wildman–Crippen MR) is 104 cm³/mol. The Bertz CT molecular complexity index is 974. The Kier molecular flexibility index (Phi) is 6.85. The molecule has 1 amide bonds. The molecule has 0 spiro atoms. The maximum absolute atomic E-state index is 12.2. The fourth-order valence-electron chi connectivity index (χ4n) is 2.46. The average molecular weight is 413 g/mol. The predicted octanol–water partition coefficient (Wildman–Crippen LogP) is 2.32. The first kappa shape index (κ1) is 20.4. The Morgan fingerprint density at radius 3 is 2.59 bits per heavy atom. The van der Waals surface area contributed by atoms with Crippen LogP contribution in [0, 0.1) is 0 Å². The number of benzene rings is 2. The molecule has 0 unspecified atom stereocenters. The highest BCUT2D eigenvalue weighted by Gasteiger charge is 2.21. The van der Waals surface area contributed by atoms with E-state index in [1.807, 2.05) is 18.2 Å². The van der Waals surface area contributed by atoms with Gasteiger partial charge in [0.1, 0.15) is 0 Å². The van der Waals surface area contributed by atoms with Gasteiger partial charge >= 0.3 is 5.97 Å². The van der Waals surface area contributed by atoms with Gasteiger partial charge < -0.3 is 19.7 Å². The lowest BCUT2D eigenvalue weighted by atomic mass is 10.2. The van der Waals surface area contributed by atoms with Gasteiger partial charge in [0.15, 0.2) is 5.95 Å². The van der Waals surface area contributed by atoms with Gasteiger partial charge in [0.2, 0.25) is 11.6 Å². The summed E-state index contributed by atoms with van der Waals surface area (Å²) in [5.41, 5.74) is 1.69. The first-order valence-electron chi connectivity index (χ1n) is 8.92. The van der Waals surface area contributed by atoms with Gasteiger partial charge in [-0.3, -0.25) is 4.79 Å². The van der Waals surface area contributed by atoms with Gasteiger partial charge in [0.05, 0.1) is 17.4 Å². The van der Waals surface area contributed by atoms with E-state index in [1.165, 1.54) is 16.4 Å². The Morgan fingerprint density at radius 1 is 1.17 bits per heavy atom. The number of carbonyl (C=O) groups excluding carboxylic acids is 2. The molecule has 29 heavy (non-hydrogen) atoms. The number of ether oxygens (including phenoxy) is 1. The standard InChI is InChI=1S/C20H19N3O5S/c1-2-27-19(25)14-8-10-15(11-9-14)21-17(24)12-13-29-18-20(26)28-22-23(18)16-6-4-3-5-7-16/h3-11H,2,12-13H2,1H3,(H-,21,22,24,25,26). The minimum atomic E-state index is -0.547. The Labute approximate surface area is 171 Å². The van der Waals surface area contributed by atoms with E-state index >= 15 is 0 Å². The second kappa shape index (κ2) is 9.74. The summed E-state index contributed by atoms with van der Waals surface area (Å²) in [4.78, 5) is 23.8. The van der Waals surface area contributed by atoms with Crippen molar-refractivity contribution in [3.8, 4) is 11.6 Å². The van der Waals surface area contributed by atoms with Gasteiger partial charge in [0.25, 0.3) is 5.03 Å². The van der Waals surface area contributed by atoms with Crippen LogP contribution in [0.3, 0.4) is 0 Å². The van der Waals surface area contributed by atoms with Crippen LogP contribution in [0.1, 0.15) is 23.7 Å². The molecule has 3 aromatic rings. The molecule has 0 radical (unpaired) electrons. The average Bonchev–Trinajstić information content (AvgIpc) is 3.10. The van der Waals surface area contributed by atoms with Crippen molar-refractivity contribution in [2.24, 2.45) is 0 Å². The Balaban J connectivity index is 1.53. The zero-order valence-corrected chi connectivity index (χ0v) is 16.5. The van der Waals surface area contributed by atoms with Crippen molar-refractivity contribution >= 4 is 29.3 Å². The van der Waals surface area contributed by atoms with Gasteiger partial charge in [-0.2, -0.15) is 0 Å². The van der Waals surface area contributed by atoms with E-state index in [2.05, 4.69) is 10.6 Å². The quantitative estimate of drug-likeness (QED) is 0.343. The van der Waals surface area contributed by atoms with Crippen LogP contribution < -0.4 is 15.1 Å². The zero-order chi connectivity index (χ0) is 20.6. The Morgan fingerprint density at radius 2 is 1.90 bits per heavy atom. The van der Waals surface area contributed by atoms with E-state index in [1.54, 1.807) is 43.3 Å². The smallest absolute Gasteiger partial charge is 0.338 e. The zero-order valence-electron chi connectivity index (χ0n) is 15.7. The molecular formula is C20H19N3O5S. The molecule has 0 aliphatic heterocycles. The van der Waals surface area contributed by atoms with Gasteiger partial charge in [-0.15, -0.1) is 0 Å². The van der Waals surface area contributed by atoms with Crippen LogP contribution in [-0.4, -0.2) is 29.5 Å². The second-order valence-electron chi connectivity index (χ2n) is 5.86. The lowest BCUT2D eigenvalue weighted by Gasteiger charge is -2.06. The van der Waals surface area contributed by atoms with Gasteiger partial charge in [-0.25, -0.2) is 4.79 Å². The lowest BCUT2D eigenvalue weighted by molar-refractivity contribution is -0.705. The van der Waals surface area contributed by atoms with E-state index in [0.29, 0.717) is 34.3 Å². The minimum absolute atomic E-state index is 0.184. The molecule has 3 rings (SSSR count). The molecule has 0 saturated carbocycles. The number of esters is 1. The molecule has 0 fully saturated rings. The number of hydrogen-bond acceptors (Lipinski definition) is 7. The number of anilines is 1. The summed E-state index contributed by atoms with van der Waals surface area (Å²) >= 11 is 1.20. The number of nitrogens with zero attached hydrogens (tertiary/aromatic N) is 2. The number of nitrogens with one attached hydrogen (secondary N) is 1. The van der Waals surface area contributed by atoms with Gasteiger partial charge in [-0.1, -0.05) is 30.0 Å². The molecule has 0 atom stereocenters. The topological polar surface area (TPSA) is 108 Å². The molecule has 150 valence electrons. The minimum Gasteiger partial charge on any atom is -0.538 e. The third-order valence-corrected chi connectivity index (χ3v) is 4.84. The number of aromatic nitrogens is 2. The van der Waals surface area contributed by atoms with Crippen LogP contribution in [-0.2, 0) is 9.53 Å². The second-order valence-corrected chi connectivity index (χ2v) is 6.94. The molecular weight excluding hydrogens is 394 g/mol. The summed E-state index contributed by atoms with van der Waals surface area (Å²) in [6, 6.07) is 15.6. The summed E-state index contributed by atoms with van der Waals surface area (Å²) in [6.07, 6.45) is 0.184. The molecule has 1 heterocycles. The van der Waals surface area contributed by atoms with Crippen LogP contribution >= 0.6 is 11.8 Å². The van der Waals surface area contributed by atoms with Crippen molar-refractivity contribution in [2.75, 3.05) is 17.7 Å². The van der Waals surface area contributed by atoms with E-state index in [-0.39, 0.29) is 12.3 Å². The van der Waals surface area contributed by atoms with E-state index in [4.69, 9.17) is 9.26 Å². The number of amides is 1. The monoisotopic (exact) mass is 413 g/mol. The van der Waals surface area contributed by atoms with Crippen molar-refractivity contribution in [1.29, 1.82) is 0 Å². The highest BCUT2D eigenvalue weighted by atomic mass is 32.2. The summed E-state index contributed by atoms with van der Waals surface area (Å²) in [6.45, 7) is 2.04. The summed E-state index contributed by atoms with van der Waals surface area (Å²) < 4.78 is 11.1. The number of para-hydroxylation sites is 1. The molecule has 9 heteroatoms. The Hall–Kier alpha value is -3.33. The van der Waals surface area contributed by atoms with Crippen LogP contribution in [0.2, 0.25) is 0 Å². The van der Waals surface area contributed by atoms with Crippen LogP contribution in [0.25, 0.3) is 5.69 Å². The SMILES string of the molecule is CCOC(=O)c1ccc(NC(=O)CCSc2c([O-])on[n+]2-c2ccccc2)cc1. The van der Waals surface area contributed by atoms with Crippen molar-refractivity contribution in [2.45, 2.75) is 18.4 Å². The van der Waals surface area contributed by atoms with Gasteiger partial charge in [-0.05, 0) is 35.9 Å². The first-order valence-corrected chi connectivity index (χ1v) is 9.91. The molecule has 1 aromatic heterocycles. The molecule has 0 aliphatic carbocycles. The maximum Gasteiger partial charge on any atom is 0.338 e. The lowest BCUT2D eigenvalue weighted by Crippen LogP contribution is -2.34. The van der Waals surface area contributed by atoms with Crippen LogP contribution in [0.15, 0.2) is 64.1 Å². The molecule has 0 bridgehead atoms. The number of hydrogen-bond donors (Lipinski definition) is 1. The summed E-state index contributed by atoms with van der Waals surface area (Å²) in [7, 11) is 0. The van der Waals surface area contributed by atoms with Crippen molar-refractivity contribution in [3.63, 3.8) is 0 Å².